The zero-order valence-electron chi connectivity index (χ0n) is 11.8. The molecule has 0 aromatic carbocycles. The van der Waals surface area contributed by atoms with Crippen molar-refractivity contribution in [2.24, 2.45) is 11.8 Å². The zero-order valence-corrected chi connectivity index (χ0v) is 11.8. The Bertz CT molecular complexity index is 258. The van der Waals surface area contributed by atoms with Crippen LogP contribution in [0.1, 0.15) is 27.2 Å². The van der Waals surface area contributed by atoms with Crippen LogP contribution in [0.25, 0.3) is 0 Å². The van der Waals surface area contributed by atoms with E-state index in [9.17, 15) is 15.3 Å². The fraction of sp³-hybridized carbons (Fsp3) is 1.00. The molecule has 6 atom stereocenters. The lowest BCUT2D eigenvalue weighted by atomic mass is 9.95. The molecular formula is C13H26O6. The number of rotatable bonds is 6. The molecule has 1 saturated heterocycles. The molecule has 0 aromatic heterocycles. The van der Waals surface area contributed by atoms with Crippen LogP contribution < -0.4 is 0 Å². The van der Waals surface area contributed by atoms with Gasteiger partial charge in [-0.3, -0.25) is 0 Å². The first kappa shape index (κ1) is 16.8. The SMILES string of the molecule is CC(C)C(C)CCOC1O[C@@H](CO)C(O)C(O)C1O. The van der Waals surface area contributed by atoms with Crippen LogP contribution in [0.15, 0.2) is 0 Å². The first-order chi connectivity index (χ1) is 8.88. The van der Waals surface area contributed by atoms with Crippen molar-refractivity contribution in [2.45, 2.75) is 57.9 Å². The second kappa shape index (κ2) is 7.52. The molecule has 114 valence electrons. The lowest BCUT2D eigenvalue weighted by molar-refractivity contribution is -0.301. The Kier molecular flexibility index (Phi) is 6.65. The average molecular weight is 278 g/mol. The van der Waals surface area contributed by atoms with E-state index in [2.05, 4.69) is 20.8 Å². The quantitative estimate of drug-likeness (QED) is 0.522. The molecule has 1 rings (SSSR count). The summed E-state index contributed by atoms with van der Waals surface area (Å²) in [7, 11) is 0. The summed E-state index contributed by atoms with van der Waals surface area (Å²) in [5.41, 5.74) is 0. The molecule has 6 nitrogen and oxygen atoms in total. The average Bonchev–Trinajstić information content (AvgIpc) is 2.38. The summed E-state index contributed by atoms with van der Waals surface area (Å²) in [4.78, 5) is 0. The van der Waals surface area contributed by atoms with Crippen LogP contribution in [0.3, 0.4) is 0 Å². The minimum Gasteiger partial charge on any atom is -0.394 e. The van der Waals surface area contributed by atoms with E-state index in [1.807, 2.05) is 0 Å². The van der Waals surface area contributed by atoms with Gasteiger partial charge in [0.2, 0.25) is 0 Å². The largest absolute Gasteiger partial charge is 0.394 e. The maximum Gasteiger partial charge on any atom is 0.186 e. The highest BCUT2D eigenvalue weighted by atomic mass is 16.7. The van der Waals surface area contributed by atoms with Crippen LogP contribution in [0.4, 0.5) is 0 Å². The van der Waals surface area contributed by atoms with Gasteiger partial charge < -0.3 is 29.9 Å². The van der Waals surface area contributed by atoms with Gasteiger partial charge in [-0.25, -0.2) is 0 Å². The van der Waals surface area contributed by atoms with Gasteiger partial charge in [-0.15, -0.1) is 0 Å². The summed E-state index contributed by atoms with van der Waals surface area (Å²) in [5.74, 6) is 1.02. The first-order valence-electron chi connectivity index (χ1n) is 6.80. The van der Waals surface area contributed by atoms with Crippen molar-refractivity contribution in [2.75, 3.05) is 13.2 Å². The molecule has 5 unspecified atom stereocenters. The molecule has 6 heteroatoms. The first-order valence-corrected chi connectivity index (χ1v) is 6.80. The highest BCUT2D eigenvalue weighted by molar-refractivity contribution is 4.88. The highest BCUT2D eigenvalue weighted by Gasteiger charge is 2.43. The zero-order chi connectivity index (χ0) is 14.6. The summed E-state index contributed by atoms with van der Waals surface area (Å²) in [6, 6.07) is 0. The molecular weight excluding hydrogens is 252 g/mol. The summed E-state index contributed by atoms with van der Waals surface area (Å²) in [6.45, 7) is 6.31. The predicted octanol–water partition coefficient (Wildman–Crippen LogP) is -0.515. The van der Waals surface area contributed by atoms with Crippen LogP contribution in [0.5, 0.6) is 0 Å². The number of hydrogen-bond acceptors (Lipinski definition) is 6. The third kappa shape index (κ3) is 4.37. The van der Waals surface area contributed by atoms with Crippen molar-refractivity contribution >= 4 is 0 Å². The Hall–Kier alpha value is -0.240. The third-order valence-corrected chi connectivity index (χ3v) is 3.84. The Labute approximate surface area is 114 Å². The lowest BCUT2D eigenvalue weighted by Gasteiger charge is -2.39. The minimum atomic E-state index is -1.38. The van der Waals surface area contributed by atoms with E-state index in [4.69, 9.17) is 14.6 Å². The van der Waals surface area contributed by atoms with Gasteiger partial charge in [0.15, 0.2) is 6.29 Å². The van der Waals surface area contributed by atoms with E-state index >= 15 is 0 Å². The van der Waals surface area contributed by atoms with E-state index in [0.717, 1.165) is 6.42 Å². The number of aliphatic hydroxyl groups excluding tert-OH is 4. The molecule has 0 amide bonds. The lowest BCUT2D eigenvalue weighted by Crippen LogP contribution is -2.59. The van der Waals surface area contributed by atoms with Crippen LogP contribution in [0.2, 0.25) is 0 Å². The van der Waals surface area contributed by atoms with E-state index in [1.165, 1.54) is 0 Å². The maximum atomic E-state index is 9.75. The number of hydrogen-bond donors (Lipinski definition) is 4. The molecule has 19 heavy (non-hydrogen) atoms. The fourth-order valence-electron chi connectivity index (χ4n) is 1.91. The topological polar surface area (TPSA) is 99.4 Å². The summed E-state index contributed by atoms with van der Waals surface area (Å²) in [5, 5.41) is 38.0. The molecule has 1 fully saturated rings. The molecule has 0 aromatic rings. The van der Waals surface area contributed by atoms with Gasteiger partial charge in [0.25, 0.3) is 0 Å². The van der Waals surface area contributed by atoms with Gasteiger partial charge in [-0.1, -0.05) is 20.8 Å². The van der Waals surface area contributed by atoms with E-state index in [1.54, 1.807) is 0 Å². The highest BCUT2D eigenvalue weighted by Crippen LogP contribution is 2.23. The van der Waals surface area contributed by atoms with Crippen molar-refractivity contribution in [3.63, 3.8) is 0 Å². The monoisotopic (exact) mass is 278 g/mol. The van der Waals surface area contributed by atoms with Gasteiger partial charge in [-0.05, 0) is 18.3 Å². The van der Waals surface area contributed by atoms with Gasteiger partial charge in [0, 0.05) is 0 Å². The van der Waals surface area contributed by atoms with Crippen molar-refractivity contribution in [3.8, 4) is 0 Å². The molecule has 1 aliphatic heterocycles. The Balaban J connectivity index is 2.44. The third-order valence-electron chi connectivity index (χ3n) is 3.84. The van der Waals surface area contributed by atoms with Crippen LogP contribution in [-0.4, -0.2) is 64.3 Å². The fourth-order valence-corrected chi connectivity index (χ4v) is 1.91. The van der Waals surface area contributed by atoms with Crippen LogP contribution in [0, 0.1) is 11.8 Å². The van der Waals surface area contributed by atoms with Crippen LogP contribution in [-0.2, 0) is 9.47 Å². The van der Waals surface area contributed by atoms with Crippen molar-refractivity contribution in [3.05, 3.63) is 0 Å². The number of aliphatic hydroxyl groups is 4. The maximum absolute atomic E-state index is 9.75. The summed E-state index contributed by atoms with van der Waals surface area (Å²) in [6.07, 6.45) is -5.15. The van der Waals surface area contributed by atoms with Crippen LogP contribution >= 0.6 is 0 Å². The molecule has 0 saturated carbocycles. The minimum absolute atomic E-state index is 0.391. The Morgan fingerprint density at radius 1 is 1.05 bits per heavy atom. The predicted molar refractivity (Wildman–Crippen MR) is 68.3 cm³/mol. The van der Waals surface area contributed by atoms with Crippen molar-refractivity contribution in [1.29, 1.82) is 0 Å². The van der Waals surface area contributed by atoms with Gasteiger partial charge in [-0.2, -0.15) is 0 Å². The normalized spacial score (nSPS) is 37.6. The second-order valence-electron chi connectivity index (χ2n) is 5.58. The summed E-state index contributed by atoms with van der Waals surface area (Å²) >= 11 is 0. The van der Waals surface area contributed by atoms with E-state index < -0.39 is 37.3 Å². The molecule has 4 N–H and O–H groups in total. The summed E-state index contributed by atoms with van der Waals surface area (Å²) < 4.78 is 10.7. The second-order valence-corrected chi connectivity index (χ2v) is 5.58. The van der Waals surface area contributed by atoms with Gasteiger partial charge in [0.05, 0.1) is 13.2 Å². The molecule has 0 bridgehead atoms. The molecule has 1 heterocycles. The Morgan fingerprint density at radius 3 is 2.21 bits per heavy atom. The van der Waals surface area contributed by atoms with Crippen molar-refractivity contribution < 1.29 is 29.9 Å². The molecule has 0 radical (unpaired) electrons. The van der Waals surface area contributed by atoms with Crippen molar-refractivity contribution in [1.82, 2.24) is 0 Å². The van der Waals surface area contributed by atoms with E-state index in [0.29, 0.717) is 18.4 Å². The Morgan fingerprint density at radius 2 is 1.68 bits per heavy atom. The standard InChI is InChI=1S/C13H26O6/c1-7(2)8(3)4-5-18-13-12(17)11(16)10(15)9(6-14)19-13/h7-17H,4-6H2,1-3H3/t8?,9-,10?,11?,12?,13?/m0/s1. The molecule has 0 spiro atoms. The van der Waals surface area contributed by atoms with E-state index in [-0.39, 0.29) is 0 Å². The smallest absolute Gasteiger partial charge is 0.186 e. The van der Waals surface area contributed by atoms with Gasteiger partial charge >= 0.3 is 0 Å². The molecule has 0 aliphatic carbocycles. The molecule has 1 aliphatic rings. The van der Waals surface area contributed by atoms with Gasteiger partial charge in [0.1, 0.15) is 24.4 Å². The number of ether oxygens (including phenoxy) is 2.